The van der Waals surface area contributed by atoms with E-state index in [-0.39, 0.29) is 12.0 Å². The van der Waals surface area contributed by atoms with E-state index < -0.39 is 0 Å². The molecule has 1 aromatic rings. The Bertz CT molecular complexity index is 444. The maximum absolute atomic E-state index is 11.7. The second-order valence-electron chi connectivity index (χ2n) is 4.36. The molecule has 6 heteroatoms. The van der Waals surface area contributed by atoms with Gasteiger partial charge in [-0.05, 0) is 36.9 Å². The Hall–Kier alpha value is -2.04. The third kappa shape index (κ3) is 6.22. The molecular weight excluding hydrogens is 256 g/mol. The number of nitrogens with zero attached hydrogens (tertiary/aromatic N) is 3. The minimum absolute atomic E-state index is 0.260. The number of nitrogens with one attached hydrogen (secondary N) is 1. The van der Waals surface area contributed by atoms with Crippen LogP contribution in [0.15, 0.2) is 35.4 Å². The SMILES string of the molecule is COC(=O)C(CCc1ccccc1)NCCCN=[N+]=[N-]. The summed E-state index contributed by atoms with van der Waals surface area (Å²) in [6.07, 6.45) is 2.19. The fraction of sp³-hybridized carbons (Fsp3) is 0.500. The molecule has 1 aromatic carbocycles. The summed E-state index contributed by atoms with van der Waals surface area (Å²) in [6.45, 7) is 1.05. The lowest BCUT2D eigenvalue weighted by atomic mass is 10.1. The van der Waals surface area contributed by atoms with E-state index in [1.807, 2.05) is 30.3 Å². The summed E-state index contributed by atoms with van der Waals surface area (Å²) < 4.78 is 4.80. The van der Waals surface area contributed by atoms with Crippen LogP contribution in [0.25, 0.3) is 10.4 Å². The molecule has 1 N–H and O–H groups in total. The number of rotatable bonds is 9. The Morgan fingerprint density at radius 2 is 2.20 bits per heavy atom. The second-order valence-corrected chi connectivity index (χ2v) is 4.36. The Kier molecular flexibility index (Phi) is 7.87. The van der Waals surface area contributed by atoms with Crippen molar-refractivity contribution in [2.75, 3.05) is 20.2 Å². The summed E-state index contributed by atoms with van der Waals surface area (Å²) in [5.74, 6) is -0.260. The molecule has 6 nitrogen and oxygen atoms in total. The van der Waals surface area contributed by atoms with E-state index in [1.54, 1.807) is 0 Å². The highest BCUT2D eigenvalue weighted by atomic mass is 16.5. The van der Waals surface area contributed by atoms with Gasteiger partial charge < -0.3 is 10.1 Å². The van der Waals surface area contributed by atoms with Crippen molar-refractivity contribution in [1.82, 2.24) is 5.32 Å². The van der Waals surface area contributed by atoms with Gasteiger partial charge in [-0.3, -0.25) is 4.79 Å². The highest BCUT2D eigenvalue weighted by Gasteiger charge is 2.17. The topological polar surface area (TPSA) is 87.1 Å². The maximum Gasteiger partial charge on any atom is 0.322 e. The van der Waals surface area contributed by atoms with E-state index in [9.17, 15) is 4.79 Å². The van der Waals surface area contributed by atoms with Crippen molar-refractivity contribution in [3.8, 4) is 0 Å². The zero-order valence-electron chi connectivity index (χ0n) is 11.7. The minimum atomic E-state index is -0.328. The lowest BCUT2D eigenvalue weighted by molar-refractivity contribution is -0.143. The third-order valence-corrected chi connectivity index (χ3v) is 2.94. The van der Waals surface area contributed by atoms with E-state index in [4.69, 9.17) is 10.3 Å². The van der Waals surface area contributed by atoms with Gasteiger partial charge in [-0.2, -0.15) is 0 Å². The van der Waals surface area contributed by atoms with E-state index >= 15 is 0 Å². The molecule has 1 atom stereocenters. The van der Waals surface area contributed by atoms with Gasteiger partial charge in [0, 0.05) is 11.5 Å². The molecule has 0 amide bonds. The molecule has 0 heterocycles. The molecule has 108 valence electrons. The molecule has 0 fully saturated rings. The van der Waals surface area contributed by atoms with Crippen molar-refractivity contribution in [2.24, 2.45) is 5.11 Å². The summed E-state index contributed by atoms with van der Waals surface area (Å²) in [7, 11) is 1.39. The molecular formula is C14H20N4O2. The van der Waals surface area contributed by atoms with Crippen LogP contribution < -0.4 is 5.32 Å². The first-order chi connectivity index (χ1) is 9.77. The lowest BCUT2D eigenvalue weighted by Crippen LogP contribution is -2.38. The van der Waals surface area contributed by atoms with Crippen molar-refractivity contribution in [1.29, 1.82) is 0 Å². The quantitative estimate of drug-likeness (QED) is 0.247. The predicted molar refractivity (Wildman–Crippen MR) is 77.2 cm³/mol. The van der Waals surface area contributed by atoms with Crippen LogP contribution in [0.2, 0.25) is 0 Å². The van der Waals surface area contributed by atoms with Crippen molar-refractivity contribution < 1.29 is 9.53 Å². The number of ether oxygens (including phenoxy) is 1. The van der Waals surface area contributed by atoms with Crippen LogP contribution >= 0.6 is 0 Å². The largest absolute Gasteiger partial charge is 0.468 e. The number of azide groups is 1. The molecule has 0 aliphatic rings. The minimum Gasteiger partial charge on any atom is -0.468 e. The molecule has 0 saturated heterocycles. The van der Waals surface area contributed by atoms with Crippen molar-refractivity contribution >= 4 is 5.97 Å². The Labute approximate surface area is 118 Å². The zero-order chi connectivity index (χ0) is 14.6. The summed E-state index contributed by atoms with van der Waals surface area (Å²) in [5.41, 5.74) is 9.37. The average Bonchev–Trinajstić information content (AvgIpc) is 2.50. The van der Waals surface area contributed by atoms with Crippen molar-refractivity contribution in [3.05, 3.63) is 46.3 Å². The van der Waals surface area contributed by atoms with Gasteiger partial charge in [0.1, 0.15) is 6.04 Å². The van der Waals surface area contributed by atoms with Gasteiger partial charge in [0.05, 0.1) is 7.11 Å². The number of carbonyl (C=O) groups excluding carboxylic acids is 1. The fourth-order valence-electron chi connectivity index (χ4n) is 1.87. The molecule has 0 saturated carbocycles. The Morgan fingerprint density at radius 1 is 1.45 bits per heavy atom. The summed E-state index contributed by atoms with van der Waals surface area (Å²) >= 11 is 0. The summed E-state index contributed by atoms with van der Waals surface area (Å²) in [4.78, 5) is 14.4. The Balaban J connectivity index is 2.39. The third-order valence-electron chi connectivity index (χ3n) is 2.94. The van der Waals surface area contributed by atoms with Gasteiger partial charge in [0.15, 0.2) is 0 Å². The number of benzene rings is 1. The van der Waals surface area contributed by atoms with E-state index in [0.717, 1.165) is 6.42 Å². The maximum atomic E-state index is 11.7. The van der Waals surface area contributed by atoms with Crippen LogP contribution in [0, 0.1) is 0 Å². The lowest BCUT2D eigenvalue weighted by Gasteiger charge is -2.16. The van der Waals surface area contributed by atoms with Gasteiger partial charge in [-0.15, -0.1) is 0 Å². The second kappa shape index (κ2) is 9.83. The van der Waals surface area contributed by atoms with Crippen LogP contribution in [0.3, 0.4) is 0 Å². The monoisotopic (exact) mass is 276 g/mol. The first kappa shape index (κ1) is 16.0. The molecule has 1 rings (SSSR count). The fourth-order valence-corrected chi connectivity index (χ4v) is 1.87. The molecule has 0 radical (unpaired) electrons. The highest BCUT2D eigenvalue weighted by molar-refractivity contribution is 5.75. The number of methoxy groups -OCH3 is 1. The van der Waals surface area contributed by atoms with Gasteiger partial charge >= 0.3 is 5.97 Å². The number of aryl methyl sites for hydroxylation is 1. The van der Waals surface area contributed by atoms with E-state index in [1.165, 1.54) is 12.7 Å². The first-order valence-electron chi connectivity index (χ1n) is 6.64. The molecule has 0 bridgehead atoms. The van der Waals surface area contributed by atoms with Crippen molar-refractivity contribution in [3.63, 3.8) is 0 Å². The van der Waals surface area contributed by atoms with E-state index in [2.05, 4.69) is 15.3 Å². The smallest absolute Gasteiger partial charge is 0.322 e. The standard InChI is InChI=1S/C14H20N4O2/c1-20-14(19)13(16-10-5-11-17-18-15)9-8-12-6-3-2-4-7-12/h2-4,6-7,13,16H,5,8-11H2,1H3. The van der Waals surface area contributed by atoms with Crippen LogP contribution in [0.5, 0.6) is 0 Å². The number of hydrogen-bond acceptors (Lipinski definition) is 4. The summed E-state index contributed by atoms with van der Waals surface area (Å²) in [6, 6.07) is 9.68. The highest BCUT2D eigenvalue weighted by Crippen LogP contribution is 2.06. The normalized spacial score (nSPS) is 11.4. The molecule has 20 heavy (non-hydrogen) atoms. The molecule has 1 unspecified atom stereocenters. The molecule has 0 aliphatic carbocycles. The molecule has 0 spiro atoms. The van der Waals surface area contributed by atoms with Gasteiger partial charge in [0.25, 0.3) is 0 Å². The molecule has 0 aromatic heterocycles. The van der Waals surface area contributed by atoms with Gasteiger partial charge in [0.2, 0.25) is 0 Å². The van der Waals surface area contributed by atoms with Crippen molar-refractivity contribution in [2.45, 2.75) is 25.3 Å². The zero-order valence-corrected chi connectivity index (χ0v) is 11.7. The predicted octanol–water partition coefficient (Wildman–Crippen LogP) is 2.45. The van der Waals surface area contributed by atoms with Crippen LogP contribution in [0.4, 0.5) is 0 Å². The van der Waals surface area contributed by atoms with Crippen LogP contribution in [0.1, 0.15) is 18.4 Å². The average molecular weight is 276 g/mol. The van der Waals surface area contributed by atoms with Gasteiger partial charge in [-0.25, -0.2) is 0 Å². The number of carbonyl (C=O) groups is 1. The molecule has 0 aliphatic heterocycles. The summed E-state index contributed by atoms with van der Waals surface area (Å²) in [5, 5.41) is 6.59. The number of hydrogen-bond donors (Lipinski definition) is 1. The Morgan fingerprint density at radius 3 is 2.85 bits per heavy atom. The van der Waals surface area contributed by atoms with Crippen LogP contribution in [-0.2, 0) is 16.0 Å². The van der Waals surface area contributed by atoms with Crippen LogP contribution in [-0.4, -0.2) is 32.2 Å². The van der Waals surface area contributed by atoms with E-state index in [0.29, 0.717) is 25.9 Å². The number of esters is 1. The first-order valence-corrected chi connectivity index (χ1v) is 6.64. The van der Waals surface area contributed by atoms with Gasteiger partial charge in [-0.1, -0.05) is 35.4 Å².